The van der Waals surface area contributed by atoms with Gasteiger partial charge < -0.3 is 29.0 Å². The first-order valence-corrected chi connectivity index (χ1v) is 10.9. The van der Waals surface area contributed by atoms with Crippen LogP contribution in [0, 0.1) is 0 Å². The molecule has 0 fully saturated rings. The number of amidine groups is 1. The van der Waals surface area contributed by atoms with Gasteiger partial charge in [0.05, 0.1) is 33.4 Å². The molecule has 0 spiro atoms. The third-order valence-corrected chi connectivity index (χ3v) is 6.36. The number of rotatable bonds is 5. The largest absolute Gasteiger partial charge is 0.493 e. The molecule has 0 radical (unpaired) electrons. The Bertz CT molecular complexity index is 1320. The van der Waals surface area contributed by atoms with Crippen LogP contribution in [0.2, 0.25) is 0 Å². The smallest absolute Gasteiger partial charge is 0.286 e. The Hall–Kier alpha value is -3.75. The topological polar surface area (TPSA) is 92.3 Å². The Kier molecular flexibility index (Phi) is 5.32. The van der Waals surface area contributed by atoms with Gasteiger partial charge in [0.1, 0.15) is 11.2 Å². The van der Waals surface area contributed by atoms with E-state index in [1.54, 1.807) is 13.2 Å². The maximum Gasteiger partial charge on any atom is 0.286 e. The average molecular weight is 450 g/mol. The Morgan fingerprint density at radius 1 is 1.06 bits per heavy atom. The van der Waals surface area contributed by atoms with Crippen LogP contribution in [0.1, 0.15) is 16.7 Å². The number of nitrogens with zero attached hydrogens (tertiary/aromatic N) is 4. The zero-order chi connectivity index (χ0) is 23.1. The van der Waals surface area contributed by atoms with Gasteiger partial charge in [-0.2, -0.15) is 4.98 Å². The van der Waals surface area contributed by atoms with Gasteiger partial charge in [-0.05, 0) is 17.5 Å². The number of hydrogen-bond donors (Lipinski definition) is 1. The van der Waals surface area contributed by atoms with E-state index in [1.807, 2.05) is 0 Å². The van der Waals surface area contributed by atoms with Crippen molar-refractivity contribution >= 4 is 22.7 Å². The van der Waals surface area contributed by atoms with Crippen molar-refractivity contribution in [1.82, 2.24) is 14.9 Å². The summed E-state index contributed by atoms with van der Waals surface area (Å²) in [6, 6.07) is 8.10. The summed E-state index contributed by atoms with van der Waals surface area (Å²) >= 11 is 0. The second kappa shape index (κ2) is 8.31. The van der Waals surface area contributed by atoms with Crippen molar-refractivity contribution in [2.45, 2.75) is 13.0 Å². The van der Waals surface area contributed by atoms with Crippen molar-refractivity contribution in [2.24, 2.45) is 4.99 Å². The molecule has 2 aliphatic heterocycles. The first kappa shape index (κ1) is 21.1. The number of hydrogen-bond acceptors (Lipinski definition) is 8. The molecule has 9 nitrogen and oxygen atoms in total. The number of aliphatic imine (C=N–C) groups is 1. The molecule has 0 unspecified atom stereocenters. The maximum atomic E-state index is 13.0. The van der Waals surface area contributed by atoms with E-state index < -0.39 is 0 Å². The number of aromatic nitrogens is 2. The van der Waals surface area contributed by atoms with E-state index in [-0.39, 0.29) is 5.56 Å². The van der Waals surface area contributed by atoms with Crippen LogP contribution in [0.15, 0.2) is 34.1 Å². The van der Waals surface area contributed by atoms with Crippen LogP contribution in [-0.2, 0) is 13.0 Å². The third-order valence-electron chi connectivity index (χ3n) is 6.36. The summed E-state index contributed by atoms with van der Waals surface area (Å²) in [5.74, 6) is 2.73. The van der Waals surface area contributed by atoms with E-state index >= 15 is 0 Å². The second-order valence-electron chi connectivity index (χ2n) is 8.18. The lowest BCUT2D eigenvalue weighted by molar-refractivity contribution is 0.327. The van der Waals surface area contributed by atoms with Gasteiger partial charge in [-0.15, -0.1) is 0 Å². The summed E-state index contributed by atoms with van der Waals surface area (Å²) in [7, 11) is 6.64. The highest BCUT2D eigenvalue weighted by molar-refractivity contribution is 6.01. The average Bonchev–Trinajstić information content (AvgIpc) is 3.27. The molecule has 172 valence electrons. The Morgan fingerprint density at radius 2 is 1.88 bits per heavy atom. The highest BCUT2D eigenvalue weighted by atomic mass is 16.5. The van der Waals surface area contributed by atoms with Crippen molar-refractivity contribution in [2.75, 3.05) is 52.9 Å². The summed E-state index contributed by atoms with van der Waals surface area (Å²) in [6.07, 6.45) is 0.843. The van der Waals surface area contributed by atoms with Crippen LogP contribution in [0.25, 0.3) is 10.9 Å². The van der Waals surface area contributed by atoms with E-state index in [9.17, 15) is 4.79 Å². The number of methoxy groups -OCH3 is 3. The molecule has 1 aromatic heterocycles. The van der Waals surface area contributed by atoms with Gasteiger partial charge >= 0.3 is 0 Å². The fraction of sp³-hybridized carbons (Fsp3) is 0.375. The van der Waals surface area contributed by atoms with Crippen molar-refractivity contribution < 1.29 is 14.2 Å². The summed E-state index contributed by atoms with van der Waals surface area (Å²) in [5.41, 5.74) is 3.94. The molecule has 9 heteroatoms. The molecule has 3 heterocycles. The van der Waals surface area contributed by atoms with E-state index in [1.165, 1.54) is 30.9 Å². The minimum Gasteiger partial charge on any atom is -0.493 e. The molecular weight excluding hydrogens is 422 g/mol. The number of anilines is 1. The predicted molar refractivity (Wildman–Crippen MR) is 127 cm³/mol. The minimum absolute atomic E-state index is 0.308. The van der Waals surface area contributed by atoms with Crippen LogP contribution in [0.3, 0.4) is 0 Å². The fourth-order valence-corrected chi connectivity index (χ4v) is 4.74. The van der Waals surface area contributed by atoms with Crippen LogP contribution >= 0.6 is 0 Å². The van der Waals surface area contributed by atoms with Crippen LogP contribution in [0.5, 0.6) is 17.2 Å². The Morgan fingerprint density at radius 3 is 2.58 bits per heavy atom. The first-order valence-electron chi connectivity index (χ1n) is 10.9. The quantitative estimate of drug-likeness (QED) is 0.638. The number of nitrogens with one attached hydrogen (secondary N) is 1. The zero-order valence-corrected chi connectivity index (χ0v) is 19.3. The lowest BCUT2D eigenvalue weighted by Gasteiger charge is -2.31. The van der Waals surface area contributed by atoms with Crippen molar-refractivity contribution in [3.63, 3.8) is 0 Å². The number of benzene rings is 2. The number of H-pyrrole nitrogens is 1. The Labute approximate surface area is 191 Å². The normalized spacial score (nSPS) is 15.5. The van der Waals surface area contributed by atoms with Crippen molar-refractivity contribution in [3.8, 4) is 17.2 Å². The highest BCUT2D eigenvalue weighted by Crippen LogP contribution is 2.41. The molecule has 33 heavy (non-hydrogen) atoms. The van der Waals surface area contributed by atoms with E-state index in [0.29, 0.717) is 40.6 Å². The monoisotopic (exact) mass is 449 g/mol. The molecule has 0 saturated heterocycles. The number of aromatic amines is 1. The molecule has 3 aromatic rings. The zero-order valence-electron chi connectivity index (χ0n) is 19.3. The number of ether oxygens (including phenoxy) is 3. The molecule has 1 N–H and O–H groups in total. The van der Waals surface area contributed by atoms with Gasteiger partial charge in [0, 0.05) is 38.3 Å². The van der Waals surface area contributed by atoms with Gasteiger partial charge in [-0.3, -0.25) is 9.79 Å². The van der Waals surface area contributed by atoms with Gasteiger partial charge in [0.2, 0.25) is 11.7 Å². The van der Waals surface area contributed by atoms with Crippen molar-refractivity contribution in [3.05, 3.63) is 51.3 Å². The molecular formula is C24H27N5O4. The van der Waals surface area contributed by atoms with Crippen LogP contribution in [0.4, 0.5) is 5.95 Å². The minimum atomic E-state index is -0.377. The van der Waals surface area contributed by atoms with Gasteiger partial charge in [-0.1, -0.05) is 18.2 Å². The molecule has 2 aliphatic rings. The van der Waals surface area contributed by atoms with E-state index in [2.05, 4.69) is 45.0 Å². The lowest BCUT2D eigenvalue weighted by atomic mass is 9.94. The lowest BCUT2D eigenvalue weighted by Crippen LogP contribution is -2.35. The van der Waals surface area contributed by atoms with E-state index in [4.69, 9.17) is 19.2 Å². The van der Waals surface area contributed by atoms with Crippen molar-refractivity contribution in [1.29, 1.82) is 0 Å². The van der Waals surface area contributed by atoms with Gasteiger partial charge in [-0.25, -0.2) is 0 Å². The van der Waals surface area contributed by atoms with E-state index in [0.717, 1.165) is 31.9 Å². The highest BCUT2D eigenvalue weighted by Gasteiger charge is 2.26. The van der Waals surface area contributed by atoms with Gasteiger partial charge in [0.15, 0.2) is 11.5 Å². The molecule has 0 bridgehead atoms. The molecule has 0 aliphatic carbocycles. The first-order chi connectivity index (χ1) is 16.0. The maximum absolute atomic E-state index is 13.0. The molecule has 5 rings (SSSR count). The van der Waals surface area contributed by atoms with Crippen LogP contribution < -0.4 is 24.7 Å². The summed E-state index contributed by atoms with van der Waals surface area (Å²) in [6.45, 7) is 3.17. The van der Waals surface area contributed by atoms with Gasteiger partial charge in [0.25, 0.3) is 5.56 Å². The molecule has 2 aromatic carbocycles. The number of fused-ring (bicyclic) bond motifs is 2. The number of likely N-dealkylation sites (N-methyl/N-ethyl adjacent to an activating group) is 1. The Balaban J connectivity index is 1.55. The molecule has 0 saturated carbocycles. The standard InChI is InChI=1S/C24H27N5O4/c1-28-11-9-25-22(28)16-7-5-6-14-13-29(10-8-15(14)16)24-26-17-12-18(31-2)20(32-3)21(33-4)19(17)23(30)27-24/h5-7,12H,8-11,13H2,1-4H3,(H,26,27,30). The summed E-state index contributed by atoms with van der Waals surface area (Å²) in [4.78, 5) is 29.7. The third kappa shape index (κ3) is 3.44. The molecule has 0 amide bonds. The summed E-state index contributed by atoms with van der Waals surface area (Å²) < 4.78 is 16.3. The summed E-state index contributed by atoms with van der Waals surface area (Å²) in [5, 5.41) is 0.334. The SMILES string of the molecule is COc1cc2[nH]c(N3CCc4c(cccc4C4=NCCN4C)C3)nc(=O)c2c(OC)c1OC. The fourth-order valence-electron chi connectivity index (χ4n) is 4.74. The van der Waals surface area contributed by atoms with Crippen LogP contribution in [-0.4, -0.2) is 68.7 Å². The second-order valence-corrected chi connectivity index (χ2v) is 8.18. The molecule has 0 atom stereocenters. The predicted octanol–water partition coefficient (Wildman–Crippen LogP) is 2.20.